The number of ether oxygens (including phenoxy) is 1. The SMILES string of the molecule is COc1ccccc1N(CC(=O)NCc1cccc(N2CCCC2=O)c1)S(C)(=O)=O. The summed E-state index contributed by atoms with van der Waals surface area (Å²) < 4.78 is 30.8. The molecule has 1 aliphatic heterocycles. The van der Waals surface area contributed by atoms with Crippen molar-refractivity contribution < 1.29 is 22.7 Å². The number of amides is 2. The highest BCUT2D eigenvalue weighted by molar-refractivity contribution is 7.92. The van der Waals surface area contributed by atoms with Gasteiger partial charge in [-0.15, -0.1) is 0 Å². The van der Waals surface area contributed by atoms with Gasteiger partial charge in [-0.05, 0) is 36.2 Å². The molecule has 0 bridgehead atoms. The normalized spacial score (nSPS) is 13.9. The Balaban J connectivity index is 1.69. The van der Waals surface area contributed by atoms with Gasteiger partial charge in [0.2, 0.25) is 21.8 Å². The number of carbonyl (C=O) groups excluding carboxylic acids is 2. The summed E-state index contributed by atoms with van der Waals surface area (Å²) in [6.07, 6.45) is 2.43. The molecule has 0 aromatic heterocycles. The fourth-order valence-electron chi connectivity index (χ4n) is 3.36. The van der Waals surface area contributed by atoms with Crippen molar-refractivity contribution in [2.45, 2.75) is 19.4 Å². The second kappa shape index (κ2) is 9.17. The molecule has 8 nitrogen and oxygen atoms in total. The summed E-state index contributed by atoms with van der Waals surface area (Å²) in [6.45, 7) is 0.540. The predicted octanol–water partition coefficient (Wildman–Crippen LogP) is 1.90. The number of nitrogens with one attached hydrogen (secondary N) is 1. The van der Waals surface area contributed by atoms with Gasteiger partial charge in [-0.25, -0.2) is 8.42 Å². The standard InChI is InChI=1S/C21H25N3O5S/c1-29-19-10-4-3-9-18(19)24(30(2,27)28)15-20(25)22-14-16-7-5-8-17(13-16)23-12-6-11-21(23)26/h3-5,7-10,13H,6,11-12,14-15H2,1-2H3,(H,22,25). The van der Waals surface area contributed by atoms with Crippen LogP contribution in [0.3, 0.4) is 0 Å². The summed E-state index contributed by atoms with van der Waals surface area (Å²) in [5.41, 5.74) is 1.92. The van der Waals surface area contributed by atoms with Crippen LogP contribution in [-0.4, -0.2) is 46.7 Å². The van der Waals surface area contributed by atoms with Crippen LogP contribution in [-0.2, 0) is 26.2 Å². The molecule has 9 heteroatoms. The monoisotopic (exact) mass is 431 g/mol. The molecule has 1 N–H and O–H groups in total. The Morgan fingerprint density at radius 1 is 1.20 bits per heavy atom. The van der Waals surface area contributed by atoms with Crippen molar-refractivity contribution in [2.24, 2.45) is 0 Å². The van der Waals surface area contributed by atoms with E-state index in [9.17, 15) is 18.0 Å². The Labute approximate surface area is 176 Å². The zero-order valence-corrected chi connectivity index (χ0v) is 17.8. The van der Waals surface area contributed by atoms with Crippen LogP contribution in [0.5, 0.6) is 5.75 Å². The number of nitrogens with zero attached hydrogens (tertiary/aromatic N) is 2. The number of benzene rings is 2. The summed E-state index contributed by atoms with van der Waals surface area (Å²) in [6, 6.07) is 14.0. The first-order valence-electron chi connectivity index (χ1n) is 9.56. The molecule has 1 heterocycles. The molecule has 1 saturated heterocycles. The van der Waals surface area contributed by atoms with Gasteiger partial charge in [0.25, 0.3) is 0 Å². The zero-order valence-electron chi connectivity index (χ0n) is 17.0. The third-order valence-corrected chi connectivity index (χ3v) is 5.95. The summed E-state index contributed by atoms with van der Waals surface area (Å²) in [4.78, 5) is 26.2. The van der Waals surface area contributed by atoms with E-state index in [4.69, 9.17) is 4.74 Å². The molecule has 2 aromatic carbocycles. The van der Waals surface area contributed by atoms with Crippen LogP contribution in [0.25, 0.3) is 0 Å². The number of carbonyl (C=O) groups is 2. The number of methoxy groups -OCH3 is 1. The van der Waals surface area contributed by atoms with Gasteiger partial charge in [0.15, 0.2) is 0 Å². The molecule has 3 rings (SSSR count). The van der Waals surface area contributed by atoms with Crippen LogP contribution >= 0.6 is 0 Å². The first kappa shape index (κ1) is 21.6. The number of hydrogen-bond acceptors (Lipinski definition) is 5. The molecule has 1 fully saturated rings. The fraction of sp³-hybridized carbons (Fsp3) is 0.333. The second-order valence-electron chi connectivity index (χ2n) is 7.04. The molecule has 2 amide bonds. The molecule has 1 aliphatic rings. The lowest BCUT2D eigenvalue weighted by molar-refractivity contribution is -0.120. The number of para-hydroxylation sites is 2. The van der Waals surface area contributed by atoms with Gasteiger partial charge in [-0.2, -0.15) is 0 Å². The van der Waals surface area contributed by atoms with Crippen LogP contribution < -0.4 is 19.3 Å². The average molecular weight is 432 g/mol. The van der Waals surface area contributed by atoms with Gasteiger partial charge in [0.05, 0.1) is 19.1 Å². The Morgan fingerprint density at radius 2 is 1.97 bits per heavy atom. The van der Waals surface area contributed by atoms with Crippen molar-refractivity contribution in [3.63, 3.8) is 0 Å². The zero-order chi connectivity index (χ0) is 21.7. The maximum absolute atomic E-state index is 12.5. The van der Waals surface area contributed by atoms with Gasteiger partial charge in [-0.3, -0.25) is 13.9 Å². The van der Waals surface area contributed by atoms with E-state index in [0.29, 0.717) is 24.4 Å². The van der Waals surface area contributed by atoms with Gasteiger partial charge < -0.3 is 15.0 Å². The third kappa shape index (κ3) is 5.10. The molecule has 0 saturated carbocycles. The number of anilines is 2. The van der Waals surface area contributed by atoms with Crippen LogP contribution in [0.1, 0.15) is 18.4 Å². The molecule has 0 aliphatic carbocycles. The molecule has 0 unspecified atom stereocenters. The third-order valence-electron chi connectivity index (χ3n) is 4.83. The molecular formula is C21H25N3O5S. The van der Waals surface area contributed by atoms with E-state index < -0.39 is 15.9 Å². The van der Waals surface area contributed by atoms with Crippen LogP contribution in [0.15, 0.2) is 48.5 Å². The smallest absolute Gasteiger partial charge is 0.241 e. The van der Waals surface area contributed by atoms with Gasteiger partial charge in [-0.1, -0.05) is 24.3 Å². The second-order valence-corrected chi connectivity index (χ2v) is 8.94. The Hall–Kier alpha value is -3.07. The van der Waals surface area contributed by atoms with Crippen molar-refractivity contribution in [1.82, 2.24) is 5.32 Å². The molecule has 30 heavy (non-hydrogen) atoms. The van der Waals surface area contributed by atoms with Crippen molar-refractivity contribution in [1.29, 1.82) is 0 Å². The molecule has 2 aromatic rings. The van der Waals surface area contributed by atoms with Crippen molar-refractivity contribution in [3.8, 4) is 5.75 Å². The number of sulfonamides is 1. The highest BCUT2D eigenvalue weighted by Crippen LogP contribution is 2.29. The van der Waals surface area contributed by atoms with E-state index in [0.717, 1.165) is 28.2 Å². The maximum atomic E-state index is 12.5. The van der Waals surface area contributed by atoms with Crippen LogP contribution in [0, 0.1) is 0 Å². The van der Waals surface area contributed by atoms with E-state index in [2.05, 4.69) is 5.32 Å². The van der Waals surface area contributed by atoms with Crippen molar-refractivity contribution in [2.75, 3.05) is 35.7 Å². The minimum absolute atomic E-state index is 0.0942. The topological polar surface area (TPSA) is 96.0 Å². The van der Waals surface area contributed by atoms with E-state index in [-0.39, 0.29) is 19.0 Å². The highest BCUT2D eigenvalue weighted by Gasteiger charge is 2.24. The van der Waals surface area contributed by atoms with Crippen LogP contribution in [0.2, 0.25) is 0 Å². The lowest BCUT2D eigenvalue weighted by atomic mass is 10.2. The molecular weight excluding hydrogens is 406 g/mol. The summed E-state index contributed by atoms with van der Waals surface area (Å²) >= 11 is 0. The molecule has 0 atom stereocenters. The minimum Gasteiger partial charge on any atom is -0.495 e. The molecule has 0 radical (unpaired) electrons. The Kier molecular flexibility index (Phi) is 6.61. The quantitative estimate of drug-likeness (QED) is 0.689. The number of rotatable bonds is 8. The van der Waals surface area contributed by atoms with E-state index in [1.165, 1.54) is 7.11 Å². The molecule has 160 valence electrons. The van der Waals surface area contributed by atoms with E-state index >= 15 is 0 Å². The number of hydrogen-bond donors (Lipinski definition) is 1. The lowest BCUT2D eigenvalue weighted by Gasteiger charge is -2.23. The molecule has 0 spiro atoms. The van der Waals surface area contributed by atoms with Gasteiger partial charge >= 0.3 is 0 Å². The first-order valence-corrected chi connectivity index (χ1v) is 11.4. The van der Waals surface area contributed by atoms with Crippen LogP contribution in [0.4, 0.5) is 11.4 Å². The minimum atomic E-state index is -3.70. The Bertz CT molecular complexity index is 1040. The van der Waals surface area contributed by atoms with Gasteiger partial charge in [0, 0.05) is 25.2 Å². The fourth-order valence-corrected chi connectivity index (χ4v) is 4.22. The summed E-state index contributed by atoms with van der Waals surface area (Å²) in [5, 5.41) is 2.75. The first-order chi connectivity index (χ1) is 14.3. The Morgan fingerprint density at radius 3 is 2.63 bits per heavy atom. The summed E-state index contributed by atoms with van der Waals surface area (Å²) in [5.74, 6) is 0.00415. The highest BCUT2D eigenvalue weighted by atomic mass is 32.2. The average Bonchev–Trinajstić information content (AvgIpc) is 3.16. The van der Waals surface area contributed by atoms with E-state index in [1.807, 2.05) is 24.3 Å². The van der Waals surface area contributed by atoms with Gasteiger partial charge in [0.1, 0.15) is 12.3 Å². The largest absolute Gasteiger partial charge is 0.495 e. The lowest BCUT2D eigenvalue weighted by Crippen LogP contribution is -2.40. The maximum Gasteiger partial charge on any atom is 0.241 e. The predicted molar refractivity (Wildman–Crippen MR) is 115 cm³/mol. The van der Waals surface area contributed by atoms with Crippen molar-refractivity contribution in [3.05, 3.63) is 54.1 Å². The summed E-state index contributed by atoms with van der Waals surface area (Å²) in [7, 11) is -2.26. The van der Waals surface area contributed by atoms with Crippen molar-refractivity contribution >= 4 is 33.2 Å². The van der Waals surface area contributed by atoms with E-state index in [1.54, 1.807) is 29.2 Å².